The molecule has 1 saturated heterocycles. The van der Waals surface area contributed by atoms with Crippen molar-refractivity contribution in [3.05, 3.63) is 98.7 Å². The van der Waals surface area contributed by atoms with E-state index in [1.807, 2.05) is 4.90 Å². The minimum Gasteiger partial charge on any atom is -0.382 e. The van der Waals surface area contributed by atoms with E-state index in [1.54, 1.807) is 19.1 Å². The molecule has 3 heterocycles. The third-order valence-electron chi connectivity index (χ3n) is 7.52. The number of nitro groups is 1. The van der Waals surface area contributed by atoms with Gasteiger partial charge in [0.1, 0.15) is 36.2 Å². The van der Waals surface area contributed by atoms with Crippen LogP contribution in [0.15, 0.2) is 60.2 Å². The van der Waals surface area contributed by atoms with Crippen LogP contribution in [0.3, 0.4) is 0 Å². The summed E-state index contributed by atoms with van der Waals surface area (Å²) >= 11 is 0. The highest BCUT2D eigenvalue weighted by atomic mass is 19.1. The van der Waals surface area contributed by atoms with Crippen molar-refractivity contribution >= 4 is 5.69 Å². The van der Waals surface area contributed by atoms with Crippen LogP contribution in [-0.2, 0) is 18.7 Å². The van der Waals surface area contributed by atoms with Crippen molar-refractivity contribution < 1.29 is 18.8 Å². The van der Waals surface area contributed by atoms with E-state index in [0.717, 1.165) is 12.1 Å². The summed E-state index contributed by atoms with van der Waals surface area (Å²) in [5.41, 5.74) is -1.22. The maximum absolute atomic E-state index is 14.7. The summed E-state index contributed by atoms with van der Waals surface area (Å²) < 4.78 is 32.3. The molecule has 0 saturated carbocycles. The largest absolute Gasteiger partial charge is 0.382 e. The molecule has 42 heavy (non-hydrogen) atoms. The second kappa shape index (κ2) is 12.3. The Bertz CT molecular complexity index is 1600. The Balaban J connectivity index is 1.16. The molecular formula is C27H31F2N9O4. The Hall–Kier alpha value is -4.34. The molecule has 4 aromatic rings. The molecule has 0 aliphatic carbocycles. The number of nitro benzene ring substituents is 1. The quantitative estimate of drug-likeness (QED) is 0.206. The number of aryl methyl sites for hydroxylation is 2. The smallest absolute Gasteiger partial charge is 0.350 e. The zero-order valence-corrected chi connectivity index (χ0v) is 23.0. The average Bonchev–Trinajstić information content (AvgIpc) is 3.59. The molecule has 0 radical (unpaired) electrons. The van der Waals surface area contributed by atoms with Gasteiger partial charge < -0.3 is 10.0 Å². The highest BCUT2D eigenvalue weighted by Crippen LogP contribution is 2.28. The van der Waals surface area contributed by atoms with Gasteiger partial charge in [0.25, 0.3) is 5.69 Å². The van der Waals surface area contributed by atoms with Gasteiger partial charge >= 0.3 is 5.69 Å². The number of benzene rings is 2. The Morgan fingerprint density at radius 3 is 2.45 bits per heavy atom. The molecule has 13 nitrogen and oxygen atoms in total. The first-order valence-corrected chi connectivity index (χ1v) is 13.5. The van der Waals surface area contributed by atoms with Crippen LogP contribution in [0.4, 0.5) is 14.5 Å². The van der Waals surface area contributed by atoms with E-state index in [1.165, 1.54) is 45.0 Å². The van der Waals surface area contributed by atoms with Crippen molar-refractivity contribution in [1.29, 1.82) is 0 Å². The van der Waals surface area contributed by atoms with Gasteiger partial charge in [0.15, 0.2) is 0 Å². The molecule has 1 unspecified atom stereocenters. The number of hydrogen-bond donors (Lipinski definition) is 1. The zero-order valence-electron chi connectivity index (χ0n) is 23.0. The highest BCUT2D eigenvalue weighted by molar-refractivity contribution is 5.48. The van der Waals surface area contributed by atoms with Crippen LogP contribution in [0.25, 0.3) is 5.69 Å². The van der Waals surface area contributed by atoms with E-state index in [0.29, 0.717) is 56.9 Å². The van der Waals surface area contributed by atoms with Crippen molar-refractivity contribution in [3.8, 4) is 5.69 Å². The Labute approximate surface area is 239 Å². The second-order valence-electron chi connectivity index (χ2n) is 10.5. The third-order valence-corrected chi connectivity index (χ3v) is 7.52. The number of rotatable bonds is 11. The summed E-state index contributed by atoms with van der Waals surface area (Å²) in [7, 11) is 0. The zero-order chi connectivity index (χ0) is 29.9. The number of aromatic nitrogens is 6. The first-order valence-electron chi connectivity index (χ1n) is 13.5. The van der Waals surface area contributed by atoms with Gasteiger partial charge in [-0.05, 0) is 25.5 Å². The van der Waals surface area contributed by atoms with Gasteiger partial charge in [0.05, 0.1) is 17.2 Å². The number of nitrogens with zero attached hydrogens (tertiary/aromatic N) is 9. The van der Waals surface area contributed by atoms with Gasteiger partial charge in [0.2, 0.25) is 0 Å². The summed E-state index contributed by atoms with van der Waals surface area (Å²) in [4.78, 5) is 31.8. The lowest BCUT2D eigenvalue weighted by atomic mass is 9.92. The van der Waals surface area contributed by atoms with Crippen LogP contribution in [0.5, 0.6) is 0 Å². The Morgan fingerprint density at radius 2 is 1.76 bits per heavy atom. The molecule has 15 heteroatoms. The highest BCUT2D eigenvalue weighted by Gasteiger charge is 2.36. The SMILES string of the molecule is Cc1ccc(-n2cnn(CCCN3CCN(CC(O)(Cn4cncn4)c4ccc(F)cc4F)CC3)c2=O)cc1[N+](=O)[O-]. The molecule has 2 aromatic heterocycles. The Kier molecular flexibility index (Phi) is 8.51. The van der Waals surface area contributed by atoms with E-state index in [4.69, 9.17) is 0 Å². The minimum absolute atomic E-state index is 0.00745. The lowest BCUT2D eigenvalue weighted by Crippen LogP contribution is -2.52. The van der Waals surface area contributed by atoms with Crippen LogP contribution >= 0.6 is 0 Å². The fourth-order valence-electron chi connectivity index (χ4n) is 5.27. The number of piperazine rings is 1. The molecule has 2 aromatic carbocycles. The van der Waals surface area contributed by atoms with Crippen molar-refractivity contribution in [3.63, 3.8) is 0 Å². The van der Waals surface area contributed by atoms with Crippen molar-refractivity contribution in [2.45, 2.75) is 32.0 Å². The monoisotopic (exact) mass is 583 g/mol. The van der Waals surface area contributed by atoms with Gasteiger partial charge in [-0.1, -0.05) is 12.1 Å². The molecule has 222 valence electrons. The first kappa shape index (κ1) is 29.2. The molecule has 0 spiro atoms. The van der Waals surface area contributed by atoms with Crippen molar-refractivity contribution in [2.24, 2.45) is 0 Å². The number of halogens is 2. The lowest BCUT2D eigenvalue weighted by Gasteiger charge is -2.39. The van der Waals surface area contributed by atoms with Gasteiger partial charge in [-0.3, -0.25) is 15.0 Å². The second-order valence-corrected chi connectivity index (χ2v) is 10.5. The van der Waals surface area contributed by atoms with Crippen LogP contribution in [0, 0.1) is 28.7 Å². The standard InChI is InChI=1S/C27H31F2N9O4/c1-20-3-5-22(14-25(20)38(41)42)36-19-32-37(26(36)39)8-2-7-33-9-11-34(12-10-33)15-27(40,16-35-18-30-17-31-35)23-6-4-21(28)13-24(23)29/h3-6,13-14,17-19,40H,2,7-12,15-16H2,1H3. The van der Waals surface area contributed by atoms with E-state index in [2.05, 4.69) is 20.1 Å². The minimum atomic E-state index is -1.66. The predicted molar refractivity (Wildman–Crippen MR) is 147 cm³/mol. The van der Waals surface area contributed by atoms with Crippen molar-refractivity contribution in [1.82, 2.24) is 38.9 Å². The number of hydrogen-bond acceptors (Lipinski definition) is 9. The summed E-state index contributed by atoms with van der Waals surface area (Å²) in [6, 6.07) is 7.76. The molecule has 1 atom stereocenters. The number of aliphatic hydroxyl groups is 1. The van der Waals surface area contributed by atoms with Crippen LogP contribution in [0.2, 0.25) is 0 Å². The van der Waals surface area contributed by atoms with Crippen molar-refractivity contribution in [2.75, 3.05) is 39.3 Å². The van der Waals surface area contributed by atoms with Crippen LogP contribution in [0.1, 0.15) is 17.5 Å². The summed E-state index contributed by atoms with van der Waals surface area (Å²) in [6.07, 6.45) is 4.78. The van der Waals surface area contributed by atoms with E-state index in [9.17, 15) is 28.8 Å². The predicted octanol–water partition coefficient (Wildman–Crippen LogP) is 1.72. The Morgan fingerprint density at radius 1 is 1.00 bits per heavy atom. The van der Waals surface area contributed by atoms with E-state index in [-0.39, 0.29) is 30.0 Å². The topological polar surface area (TPSA) is 140 Å². The molecule has 1 aliphatic heterocycles. The van der Waals surface area contributed by atoms with Gasteiger partial charge in [-0.2, -0.15) is 10.2 Å². The maximum atomic E-state index is 14.7. The molecule has 1 N–H and O–H groups in total. The fourth-order valence-corrected chi connectivity index (χ4v) is 5.27. The lowest BCUT2D eigenvalue weighted by molar-refractivity contribution is -0.385. The molecule has 5 rings (SSSR count). The molecule has 0 amide bonds. The molecule has 1 aliphatic rings. The molecule has 0 bridgehead atoms. The van der Waals surface area contributed by atoms with E-state index >= 15 is 0 Å². The van der Waals surface area contributed by atoms with Gasteiger partial charge in [0, 0.05) is 69.1 Å². The van der Waals surface area contributed by atoms with Crippen LogP contribution in [-0.4, -0.2) is 88.2 Å². The summed E-state index contributed by atoms with van der Waals surface area (Å²) in [5, 5.41) is 31.1. The van der Waals surface area contributed by atoms with E-state index < -0.39 is 22.2 Å². The maximum Gasteiger partial charge on any atom is 0.350 e. The molecule has 1 fully saturated rings. The summed E-state index contributed by atoms with van der Waals surface area (Å²) in [5.74, 6) is -1.55. The summed E-state index contributed by atoms with van der Waals surface area (Å²) in [6.45, 7) is 5.41. The number of β-amino-alcohol motifs (C(OH)–C–C–N with tert-alkyl or cyclic N) is 1. The normalized spacial score (nSPS) is 16.0. The fraction of sp³-hybridized carbons (Fsp3) is 0.407. The molecular weight excluding hydrogens is 552 g/mol. The average molecular weight is 584 g/mol. The van der Waals surface area contributed by atoms with Gasteiger partial charge in [-0.15, -0.1) is 0 Å². The first-order chi connectivity index (χ1) is 20.1. The van der Waals surface area contributed by atoms with Crippen LogP contribution < -0.4 is 5.69 Å². The third kappa shape index (κ3) is 6.42. The van der Waals surface area contributed by atoms with Gasteiger partial charge in [-0.25, -0.2) is 32.5 Å².